The van der Waals surface area contributed by atoms with Crippen LogP contribution in [-0.2, 0) is 6.54 Å². The molecule has 5 heteroatoms. The highest BCUT2D eigenvalue weighted by molar-refractivity contribution is 5.41. The molecule has 0 amide bonds. The largest absolute Gasteiger partial charge is 0.504 e. The number of anilines is 1. The number of nitrogens with two attached hydrogens (primary N) is 1. The number of hydrogen-bond acceptors (Lipinski definition) is 4. The van der Waals surface area contributed by atoms with Gasteiger partial charge >= 0.3 is 6.01 Å². The van der Waals surface area contributed by atoms with Crippen LogP contribution < -0.4 is 10.5 Å². The summed E-state index contributed by atoms with van der Waals surface area (Å²) in [6.07, 6.45) is 1.53. The fourth-order valence-corrected chi connectivity index (χ4v) is 1.41. The van der Waals surface area contributed by atoms with E-state index in [-0.39, 0.29) is 5.75 Å². The summed E-state index contributed by atoms with van der Waals surface area (Å²) in [5.41, 5.74) is 5.70. The number of nitrogen functional groups attached to an aromatic ring is 1. The molecule has 2 rings (SSSR count). The van der Waals surface area contributed by atoms with E-state index < -0.39 is 0 Å². The first kappa shape index (κ1) is 10.4. The monoisotopic (exact) mass is 219 g/mol. The molecule has 0 unspecified atom stereocenters. The van der Waals surface area contributed by atoms with Crippen molar-refractivity contribution >= 4 is 5.82 Å². The van der Waals surface area contributed by atoms with Crippen molar-refractivity contribution in [2.24, 2.45) is 0 Å². The summed E-state index contributed by atoms with van der Waals surface area (Å²) in [7, 11) is 0. The molecular formula is C11H13N3O2. The maximum absolute atomic E-state index is 9.55. The minimum atomic E-state index is 0.0757. The number of para-hydroxylation sites is 2. The highest BCUT2D eigenvalue weighted by Crippen LogP contribution is 2.29. The Hall–Kier alpha value is -2.17. The first-order valence-electron chi connectivity index (χ1n) is 4.99. The second-order valence-corrected chi connectivity index (χ2v) is 3.28. The van der Waals surface area contributed by atoms with Crippen molar-refractivity contribution in [3.05, 3.63) is 30.5 Å². The molecule has 1 heterocycles. The van der Waals surface area contributed by atoms with E-state index in [9.17, 15) is 5.11 Å². The average Bonchev–Trinajstić information content (AvgIpc) is 2.63. The Morgan fingerprint density at radius 3 is 2.88 bits per heavy atom. The summed E-state index contributed by atoms with van der Waals surface area (Å²) < 4.78 is 7.19. The van der Waals surface area contributed by atoms with Crippen LogP contribution in [0.25, 0.3) is 0 Å². The Bertz CT molecular complexity index is 494. The van der Waals surface area contributed by atoms with E-state index in [0.717, 1.165) is 0 Å². The van der Waals surface area contributed by atoms with Crippen LogP contribution in [0.4, 0.5) is 5.82 Å². The van der Waals surface area contributed by atoms with Gasteiger partial charge in [0, 0.05) is 6.54 Å². The molecule has 0 aliphatic rings. The zero-order valence-electron chi connectivity index (χ0n) is 8.92. The van der Waals surface area contributed by atoms with Crippen LogP contribution in [0.5, 0.6) is 17.5 Å². The predicted molar refractivity (Wildman–Crippen MR) is 60.5 cm³/mol. The van der Waals surface area contributed by atoms with Crippen LogP contribution in [0.15, 0.2) is 30.5 Å². The standard InChI is InChI=1S/C11H13N3O2/c1-2-14-10(12)7-13-11(14)16-9-6-4-3-5-8(9)15/h3-7,15H,2,12H2,1H3. The van der Waals surface area contributed by atoms with Gasteiger partial charge < -0.3 is 15.6 Å². The van der Waals surface area contributed by atoms with Gasteiger partial charge in [0.25, 0.3) is 0 Å². The number of ether oxygens (including phenoxy) is 1. The SMILES string of the molecule is CCn1c(N)cnc1Oc1ccccc1O. The molecule has 0 aliphatic heterocycles. The van der Waals surface area contributed by atoms with Gasteiger partial charge in [-0.3, -0.25) is 4.57 Å². The van der Waals surface area contributed by atoms with Gasteiger partial charge in [-0.05, 0) is 19.1 Å². The molecular weight excluding hydrogens is 206 g/mol. The van der Waals surface area contributed by atoms with Crippen molar-refractivity contribution in [2.45, 2.75) is 13.5 Å². The van der Waals surface area contributed by atoms with Gasteiger partial charge in [0.05, 0.1) is 6.20 Å². The normalized spacial score (nSPS) is 10.3. The molecule has 0 fully saturated rings. The molecule has 1 aromatic carbocycles. The van der Waals surface area contributed by atoms with Crippen molar-refractivity contribution in [3.8, 4) is 17.5 Å². The molecule has 3 N–H and O–H groups in total. The van der Waals surface area contributed by atoms with Crippen LogP contribution in [-0.4, -0.2) is 14.7 Å². The van der Waals surface area contributed by atoms with E-state index in [2.05, 4.69) is 4.98 Å². The van der Waals surface area contributed by atoms with Gasteiger partial charge in [-0.2, -0.15) is 0 Å². The van der Waals surface area contributed by atoms with E-state index >= 15 is 0 Å². The minimum Gasteiger partial charge on any atom is -0.504 e. The summed E-state index contributed by atoms with van der Waals surface area (Å²) in [6, 6.07) is 7.10. The second-order valence-electron chi connectivity index (χ2n) is 3.28. The summed E-state index contributed by atoms with van der Waals surface area (Å²) in [4.78, 5) is 4.03. The third-order valence-electron chi connectivity index (χ3n) is 2.23. The van der Waals surface area contributed by atoms with Crippen molar-refractivity contribution < 1.29 is 9.84 Å². The molecule has 5 nitrogen and oxygen atoms in total. The van der Waals surface area contributed by atoms with Gasteiger partial charge in [-0.1, -0.05) is 12.1 Å². The van der Waals surface area contributed by atoms with Gasteiger partial charge in [0.2, 0.25) is 0 Å². The van der Waals surface area contributed by atoms with E-state index in [1.807, 2.05) is 6.92 Å². The number of aromatic nitrogens is 2. The third kappa shape index (κ3) is 1.79. The fraction of sp³-hybridized carbons (Fsp3) is 0.182. The maximum atomic E-state index is 9.55. The van der Waals surface area contributed by atoms with Crippen molar-refractivity contribution in [2.75, 3.05) is 5.73 Å². The summed E-state index contributed by atoms with van der Waals surface area (Å²) >= 11 is 0. The van der Waals surface area contributed by atoms with Crippen LogP contribution in [0.3, 0.4) is 0 Å². The lowest BCUT2D eigenvalue weighted by molar-refractivity contribution is 0.379. The lowest BCUT2D eigenvalue weighted by Crippen LogP contribution is -2.02. The number of aromatic hydroxyl groups is 1. The molecule has 1 aromatic heterocycles. The summed E-state index contributed by atoms with van der Waals surface area (Å²) in [5.74, 6) is 0.974. The second kappa shape index (κ2) is 4.14. The number of rotatable bonds is 3. The van der Waals surface area contributed by atoms with Crippen molar-refractivity contribution in [3.63, 3.8) is 0 Å². The molecule has 0 radical (unpaired) electrons. The first-order chi connectivity index (χ1) is 7.72. The Morgan fingerprint density at radius 1 is 1.44 bits per heavy atom. The van der Waals surface area contributed by atoms with E-state index in [1.54, 1.807) is 28.8 Å². The molecule has 0 atom stereocenters. The number of benzene rings is 1. The van der Waals surface area contributed by atoms with Gasteiger partial charge in [-0.25, -0.2) is 4.98 Å². The summed E-state index contributed by atoms with van der Waals surface area (Å²) in [6.45, 7) is 2.60. The smallest absolute Gasteiger partial charge is 0.303 e. The molecule has 0 bridgehead atoms. The highest BCUT2D eigenvalue weighted by Gasteiger charge is 2.10. The van der Waals surface area contributed by atoms with E-state index in [0.29, 0.717) is 24.1 Å². The molecule has 84 valence electrons. The Labute approximate surface area is 93.1 Å². The molecule has 0 aliphatic carbocycles. The topological polar surface area (TPSA) is 73.3 Å². The molecule has 16 heavy (non-hydrogen) atoms. The quantitative estimate of drug-likeness (QED) is 0.827. The predicted octanol–water partition coefficient (Wildman–Crippen LogP) is 1.98. The number of phenols is 1. The number of phenolic OH excluding ortho intramolecular Hbond substituents is 1. The lowest BCUT2D eigenvalue weighted by Gasteiger charge is -2.08. The van der Waals surface area contributed by atoms with E-state index in [1.165, 1.54) is 6.20 Å². The van der Waals surface area contributed by atoms with Crippen LogP contribution >= 0.6 is 0 Å². The number of imidazole rings is 1. The first-order valence-corrected chi connectivity index (χ1v) is 4.99. The van der Waals surface area contributed by atoms with Gasteiger partial charge in [0.1, 0.15) is 5.82 Å². The van der Waals surface area contributed by atoms with Crippen molar-refractivity contribution in [1.29, 1.82) is 0 Å². The molecule has 0 saturated carbocycles. The zero-order valence-corrected chi connectivity index (χ0v) is 8.92. The lowest BCUT2D eigenvalue weighted by atomic mass is 10.3. The number of hydrogen-bond donors (Lipinski definition) is 2. The van der Waals surface area contributed by atoms with Crippen molar-refractivity contribution in [1.82, 2.24) is 9.55 Å². The Kier molecular flexibility index (Phi) is 2.68. The Morgan fingerprint density at radius 2 is 2.19 bits per heavy atom. The van der Waals surface area contributed by atoms with E-state index in [4.69, 9.17) is 10.5 Å². The van der Waals surface area contributed by atoms with Gasteiger partial charge in [-0.15, -0.1) is 0 Å². The van der Waals surface area contributed by atoms with Crippen LogP contribution in [0, 0.1) is 0 Å². The Balaban J connectivity index is 2.31. The molecule has 2 aromatic rings. The summed E-state index contributed by atoms with van der Waals surface area (Å²) in [5, 5.41) is 9.55. The van der Waals surface area contributed by atoms with Gasteiger partial charge in [0.15, 0.2) is 11.5 Å². The fourth-order valence-electron chi connectivity index (χ4n) is 1.41. The number of nitrogens with zero attached hydrogens (tertiary/aromatic N) is 2. The van der Waals surface area contributed by atoms with Crippen LogP contribution in [0.2, 0.25) is 0 Å². The maximum Gasteiger partial charge on any atom is 0.303 e. The minimum absolute atomic E-state index is 0.0757. The third-order valence-corrected chi connectivity index (χ3v) is 2.23. The molecule has 0 saturated heterocycles. The molecule has 0 spiro atoms. The zero-order chi connectivity index (χ0) is 11.5. The highest BCUT2D eigenvalue weighted by atomic mass is 16.5. The van der Waals surface area contributed by atoms with Crippen LogP contribution in [0.1, 0.15) is 6.92 Å². The average molecular weight is 219 g/mol.